The first-order valence-corrected chi connectivity index (χ1v) is 6.72. The summed E-state index contributed by atoms with van der Waals surface area (Å²) >= 11 is 0. The van der Waals surface area contributed by atoms with Gasteiger partial charge in [0.25, 0.3) is 5.91 Å². The van der Waals surface area contributed by atoms with Crippen molar-refractivity contribution in [2.75, 3.05) is 19.4 Å². The van der Waals surface area contributed by atoms with E-state index in [4.69, 9.17) is 0 Å². The molecular weight excluding hydrogens is 240 g/mol. The Balaban J connectivity index is 2.05. The van der Waals surface area contributed by atoms with Crippen LogP contribution in [0.1, 0.15) is 43.6 Å². The topological polar surface area (TPSA) is 58.1 Å². The molecule has 1 fully saturated rings. The number of aromatic nitrogens is 2. The van der Waals surface area contributed by atoms with Gasteiger partial charge in [-0.1, -0.05) is 20.3 Å². The molecule has 1 unspecified atom stereocenters. The molecule has 104 valence electrons. The molecule has 0 aliphatic heterocycles. The number of nitrogens with one attached hydrogen (secondary N) is 1. The first-order chi connectivity index (χ1) is 8.90. The van der Waals surface area contributed by atoms with E-state index in [2.05, 4.69) is 29.4 Å². The van der Waals surface area contributed by atoms with Crippen molar-refractivity contribution in [1.82, 2.24) is 15.1 Å². The SMILES string of the molecule is CN(C)C(=O)c1ccc(NC2CCCC2(C)C)nn1. The third-order valence-electron chi connectivity index (χ3n) is 3.87. The largest absolute Gasteiger partial charge is 0.365 e. The van der Waals surface area contributed by atoms with Crippen LogP contribution in [0.15, 0.2) is 12.1 Å². The molecule has 0 bridgehead atoms. The van der Waals surface area contributed by atoms with E-state index in [0.29, 0.717) is 17.2 Å². The fraction of sp³-hybridized carbons (Fsp3) is 0.643. The highest BCUT2D eigenvalue weighted by Gasteiger charge is 2.34. The van der Waals surface area contributed by atoms with Gasteiger partial charge in [-0.2, -0.15) is 0 Å². The number of carbonyl (C=O) groups is 1. The van der Waals surface area contributed by atoms with Gasteiger partial charge in [0.2, 0.25) is 0 Å². The smallest absolute Gasteiger partial charge is 0.273 e. The van der Waals surface area contributed by atoms with Crippen LogP contribution in [0, 0.1) is 5.41 Å². The van der Waals surface area contributed by atoms with Gasteiger partial charge in [0.15, 0.2) is 5.69 Å². The average Bonchev–Trinajstić information content (AvgIpc) is 2.69. The lowest BCUT2D eigenvalue weighted by Gasteiger charge is -2.28. The molecule has 2 rings (SSSR count). The summed E-state index contributed by atoms with van der Waals surface area (Å²) in [5.74, 6) is 0.621. The summed E-state index contributed by atoms with van der Waals surface area (Å²) in [4.78, 5) is 13.2. The van der Waals surface area contributed by atoms with Crippen LogP contribution in [-0.4, -0.2) is 41.1 Å². The molecule has 0 spiro atoms. The molecule has 1 aromatic rings. The van der Waals surface area contributed by atoms with Crippen LogP contribution in [0.3, 0.4) is 0 Å². The number of hydrogen-bond donors (Lipinski definition) is 1. The van der Waals surface area contributed by atoms with Crippen LogP contribution < -0.4 is 5.32 Å². The van der Waals surface area contributed by atoms with Crippen molar-refractivity contribution >= 4 is 11.7 Å². The van der Waals surface area contributed by atoms with Gasteiger partial charge in [-0.3, -0.25) is 4.79 Å². The minimum absolute atomic E-state index is 0.125. The summed E-state index contributed by atoms with van der Waals surface area (Å²) in [6, 6.07) is 3.98. The number of amides is 1. The second kappa shape index (κ2) is 5.15. The highest BCUT2D eigenvalue weighted by Crippen LogP contribution is 2.38. The summed E-state index contributed by atoms with van der Waals surface area (Å²) in [7, 11) is 3.41. The second-order valence-corrected chi connectivity index (χ2v) is 6.08. The number of rotatable bonds is 3. The normalized spacial score (nSPS) is 21.2. The zero-order valence-corrected chi connectivity index (χ0v) is 12.1. The van der Waals surface area contributed by atoms with Crippen molar-refractivity contribution in [2.24, 2.45) is 5.41 Å². The van der Waals surface area contributed by atoms with Crippen molar-refractivity contribution in [1.29, 1.82) is 0 Å². The van der Waals surface area contributed by atoms with E-state index in [1.807, 2.05) is 6.07 Å². The first-order valence-electron chi connectivity index (χ1n) is 6.72. The molecule has 1 saturated carbocycles. The molecule has 1 amide bonds. The Morgan fingerprint density at radius 2 is 2.11 bits per heavy atom. The summed E-state index contributed by atoms with van der Waals surface area (Å²) in [5.41, 5.74) is 0.668. The fourth-order valence-corrected chi connectivity index (χ4v) is 2.53. The third-order valence-corrected chi connectivity index (χ3v) is 3.87. The molecule has 0 saturated heterocycles. The van der Waals surface area contributed by atoms with E-state index in [1.54, 1.807) is 20.2 Å². The number of hydrogen-bond acceptors (Lipinski definition) is 4. The molecule has 19 heavy (non-hydrogen) atoms. The Hall–Kier alpha value is -1.65. The molecule has 5 nitrogen and oxygen atoms in total. The molecule has 0 radical (unpaired) electrons. The van der Waals surface area contributed by atoms with Gasteiger partial charge >= 0.3 is 0 Å². The van der Waals surface area contributed by atoms with Gasteiger partial charge in [0.1, 0.15) is 5.82 Å². The molecule has 1 atom stereocenters. The molecule has 5 heteroatoms. The zero-order valence-electron chi connectivity index (χ0n) is 12.1. The highest BCUT2D eigenvalue weighted by atomic mass is 16.2. The Kier molecular flexibility index (Phi) is 3.73. The maximum atomic E-state index is 11.7. The lowest BCUT2D eigenvalue weighted by atomic mass is 9.87. The Bertz CT molecular complexity index is 453. The Morgan fingerprint density at radius 3 is 2.58 bits per heavy atom. The third kappa shape index (κ3) is 3.03. The van der Waals surface area contributed by atoms with Crippen molar-refractivity contribution in [2.45, 2.75) is 39.2 Å². The summed E-state index contributed by atoms with van der Waals surface area (Å²) < 4.78 is 0. The first kappa shape index (κ1) is 13.8. The van der Waals surface area contributed by atoms with Gasteiger partial charge in [0.05, 0.1) is 0 Å². The molecule has 1 aromatic heterocycles. The highest BCUT2D eigenvalue weighted by molar-refractivity contribution is 5.91. The van der Waals surface area contributed by atoms with E-state index in [-0.39, 0.29) is 5.91 Å². The van der Waals surface area contributed by atoms with Crippen molar-refractivity contribution < 1.29 is 4.79 Å². The van der Waals surface area contributed by atoms with Crippen LogP contribution >= 0.6 is 0 Å². The number of nitrogens with zero attached hydrogens (tertiary/aromatic N) is 3. The van der Waals surface area contributed by atoms with Gasteiger partial charge < -0.3 is 10.2 Å². The van der Waals surface area contributed by atoms with Gasteiger partial charge in [-0.05, 0) is 30.4 Å². The summed E-state index contributed by atoms with van der Waals surface area (Å²) in [5, 5.41) is 11.5. The van der Waals surface area contributed by atoms with Crippen LogP contribution in [0.4, 0.5) is 5.82 Å². The van der Waals surface area contributed by atoms with Gasteiger partial charge in [-0.15, -0.1) is 10.2 Å². The monoisotopic (exact) mass is 262 g/mol. The summed E-state index contributed by atoms with van der Waals surface area (Å²) in [6.07, 6.45) is 3.64. The maximum Gasteiger partial charge on any atom is 0.273 e. The molecule has 0 aromatic carbocycles. The quantitative estimate of drug-likeness (QED) is 0.907. The lowest BCUT2D eigenvalue weighted by molar-refractivity contribution is 0.0821. The molecule has 1 N–H and O–H groups in total. The Morgan fingerprint density at radius 1 is 1.37 bits per heavy atom. The van der Waals surface area contributed by atoms with E-state index >= 15 is 0 Å². The van der Waals surface area contributed by atoms with Crippen LogP contribution in [-0.2, 0) is 0 Å². The standard InChI is InChI=1S/C14H22N4O/c1-14(2)9-5-6-11(14)15-12-8-7-10(16-17-12)13(19)18(3)4/h7-8,11H,5-6,9H2,1-4H3,(H,15,17). The van der Waals surface area contributed by atoms with E-state index in [1.165, 1.54) is 17.7 Å². The van der Waals surface area contributed by atoms with Crippen LogP contribution in [0.2, 0.25) is 0 Å². The van der Waals surface area contributed by atoms with Crippen LogP contribution in [0.25, 0.3) is 0 Å². The molecule has 1 aliphatic carbocycles. The molecular formula is C14H22N4O. The van der Waals surface area contributed by atoms with Crippen LogP contribution in [0.5, 0.6) is 0 Å². The predicted octanol–water partition coefficient (Wildman–Crippen LogP) is 2.17. The molecule has 1 aliphatic rings. The minimum Gasteiger partial charge on any atom is -0.365 e. The second-order valence-electron chi connectivity index (χ2n) is 6.08. The summed E-state index contributed by atoms with van der Waals surface area (Å²) in [6.45, 7) is 4.55. The predicted molar refractivity (Wildman–Crippen MR) is 75.1 cm³/mol. The number of anilines is 1. The van der Waals surface area contributed by atoms with Crippen molar-refractivity contribution in [3.63, 3.8) is 0 Å². The fourth-order valence-electron chi connectivity index (χ4n) is 2.53. The zero-order chi connectivity index (χ0) is 14.0. The van der Waals surface area contributed by atoms with E-state index in [0.717, 1.165) is 12.2 Å². The van der Waals surface area contributed by atoms with E-state index < -0.39 is 0 Å². The van der Waals surface area contributed by atoms with Crippen molar-refractivity contribution in [3.8, 4) is 0 Å². The van der Waals surface area contributed by atoms with Gasteiger partial charge in [-0.25, -0.2) is 0 Å². The van der Waals surface area contributed by atoms with Gasteiger partial charge in [0, 0.05) is 20.1 Å². The average molecular weight is 262 g/mol. The Labute approximate surface area is 114 Å². The lowest BCUT2D eigenvalue weighted by Crippen LogP contribution is -2.31. The maximum absolute atomic E-state index is 11.7. The minimum atomic E-state index is -0.125. The van der Waals surface area contributed by atoms with E-state index in [9.17, 15) is 4.79 Å². The number of carbonyl (C=O) groups excluding carboxylic acids is 1. The molecule has 1 heterocycles. The van der Waals surface area contributed by atoms with Crippen molar-refractivity contribution in [3.05, 3.63) is 17.8 Å².